The summed E-state index contributed by atoms with van der Waals surface area (Å²) in [6, 6.07) is 7.88. The highest BCUT2D eigenvalue weighted by Gasteiger charge is 2.35. The summed E-state index contributed by atoms with van der Waals surface area (Å²) in [5.74, 6) is -0.349. The molecule has 0 amide bonds. The van der Waals surface area contributed by atoms with E-state index in [2.05, 4.69) is 32.1 Å². The standard InChI is InChI=1S/C29H32F2N6O2/c1-36-10-4-5-18(36)15-39-29-34-27-19(28(35-29)37-13-16-8-9-17(14-37)33-16)11-21(30)24(26(27)31)20-12-32-22-6-3-7-23(38-2)25(20)22/h3,6-7,11-12,16-18,32-33H,4-5,8-10,13-15H2,1-2H3/t16-,17+,18-/m0/s1. The molecule has 8 nitrogen and oxygen atoms in total. The Kier molecular flexibility index (Phi) is 6.04. The topological polar surface area (TPSA) is 78.5 Å². The predicted octanol–water partition coefficient (Wildman–Crippen LogP) is 4.48. The first kappa shape index (κ1) is 24.5. The number of nitrogens with one attached hydrogen (secondary N) is 2. The number of likely N-dealkylation sites (tertiary alicyclic amines) is 1. The van der Waals surface area contributed by atoms with E-state index in [4.69, 9.17) is 14.5 Å². The summed E-state index contributed by atoms with van der Waals surface area (Å²) in [6.07, 6.45) is 5.92. The molecule has 2 N–H and O–H groups in total. The van der Waals surface area contributed by atoms with Crippen LogP contribution in [0.25, 0.3) is 32.9 Å². The molecule has 3 atom stereocenters. The first-order valence-corrected chi connectivity index (χ1v) is 13.7. The Bertz CT molecular complexity index is 1550. The molecular formula is C29H32F2N6O2. The van der Waals surface area contributed by atoms with Crippen molar-refractivity contribution >= 4 is 27.6 Å². The zero-order valence-corrected chi connectivity index (χ0v) is 22.1. The molecule has 2 bridgehead atoms. The van der Waals surface area contributed by atoms with E-state index in [0.29, 0.717) is 46.6 Å². The van der Waals surface area contributed by atoms with Gasteiger partial charge < -0.3 is 29.6 Å². The number of hydrogen-bond acceptors (Lipinski definition) is 7. The van der Waals surface area contributed by atoms with E-state index in [1.165, 1.54) is 6.07 Å². The SMILES string of the molecule is COc1cccc2[nH]cc(-c3c(F)cc4c(N5C[C@H]6CC[C@@H](C5)N6)nc(OC[C@@H]5CCCN5C)nc4c3F)c12. The first-order chi connectivity index (χ1) is 19.0. The number of fused-ring (bicyclic) bond motifs is 4. The second-order valence-electron chi connectivity index (χ2n) is 11.0. The number of nitrogens with zero attached hydrogens (tertiary/aromatic N) is 4. The normalized spacial score (nSPS) is 23.3. The molecule has 0 aliphatic carbocycles. The maximum absolute atomic E-state index is 16.5. The maximum atomic E-state index is 16.5. The number of ether oxygens (including phenoxy) is 2. The Morgan fingerprint density at radius 3 is 2.67 bits per heavy atom. The summed E-state index contributed by atoms with van der Waals surface area (Å²) in [5, 5.41) is 4.58. The third-order valence-electron chi connectivity index (χ3n) is 8.59. The van der Waals surface area contributed by atoms with Gasteiger partial charge in [0.25, 0.3) is 0 Å². The van der Waals surface area contributed by atoms with Gasteiger partial charge in [0.1, 0.15) is 29.5 Å². The molecule has 2 aromatic carbocycles. The fraction of sp³-hybridized carbons (Fsp3) is 0.448. The van der Waals surface area contributed by atoms with Gasteiger partial charge in [-0.25, -0.2) is 8.78 Å². The molecule has 3 aliphatic heterocycles. The molecule has 0 radical (unpaired) electrons. The zero-order valence-electron chi connectivity index (χ0n) is 22.1. The van der Waals surface area contributed by atoms with Crippen molar-refractivity contribution in [2.75, 3.05) is 45.3 Å². The fourth-order valence-corrected chi connectivity index (χ4v) is 6.56. The Hall–Kier alpha value is -3.50. The van der Waals surface area contributed by atoms with Crippen LogP contribution in [-0.4, -0.2) is 78.4 Å². The van der Waals surface area contributed by atoms with Gasteiger partial charge in [-0.3, -0.25) is 0 Å². The summed E-state index contributed by atoms with van der Waals surface area (Å²) >= 11 is 0. The number of aromatic nitrogens is 3. The van der Waals surface area contributed by atoms with E-state index < -0.39 is 11.6 Å². The second-order valence-corrected chi connectivity index (χ2v) is 11.0. The molecule has 7 rings (SSSR count). The van der Waals surface area contributed by atoms with Crippen molar-refractivity contribution in [3.05, 3.63) is 42.1 Å². The van der Waals surface area contributed by atoms with Crippen molar-refractivity contribution in [2.45, 2.75) is 43.8 Å². The van der Waals surface area contributed by atoms with Crippen molar-refractivity contribution in [1.82, 2.24) is 25.2 Å². The van der Waals surface area contributed by atoms with Crippen LogP contribution < -0.4 is 19.7 Å². The second kappa shape index (κ2) is 9.60. The Morgan fingerprint density at radius 1 is 1.10 bits per heavy atom. The number of piperazine rings is 1. The lowest BCUT2D eigenvalue weighted by molar-refractivity contribution is 0.188. The number of likely N-dealkylation sites (N-methyl/N-ethyl adjacent to an activating group) is 1. The average molecular weight is 535 g/mol. The highest BCUT2D eigenvalue weighted by Crippen LogP contribution is 2.41. The highest BCUT2D eigenvalue weighted by atomic mass is 19.1. The lowest BCUT2D eigenvalue weighted by Gasteiger charge is -2.34. The average Bonchev–Trinajstić information content (AvgIpc) is 3.65. The number of anilines is 1. The molecule has 204 valence electrons. The molecule has 39 heavy (non-hydrogen) atoms. The monoisotopic (exact) mass is 534 g/mol. The van der Waals surface area contributed by atoms with Gasteiger partial charge >= 0.3 is 6.01 Å². The van der Waals surface area contributed by atoms with E-state index in [1.54, 1.807) is 19.4 Å². The Morgan fingerprint density at radius 2 is 1.92 bits per heavy atom. The van der Waals surface area contributed by atoms with Gasteiger partial charge in [0.15, 0.2) is 5.82 Å². The quantitative estimate of drug-likeness (QED) is 0.378. The van der Waals surface area contributed by atoms with Gasteiger partial charge in [0, 0.05) is 59.3 Å². The molecule has 3 fully saturated rings. The molecule has 0 saturated carbocycles. The number of halogens is 2. The van der Waals surface area contributed by atoms with Crippen molar-refractivity contribution in [3.8, 4) is 22.9 Å². The van der Waals surface area contributed by atoms with Gasteiger partial charge in [-0.1, -0.05) is 6.07 Å². The molecule has 5 heterocycles. The van der Waals surface area contributed by atoms with Gasteiger partial charge in [0.2, 0.25) is 0 Å². The largest absolute Gasteiger partial charge is 0.496 e. The number of aromatic amines is 1. The van der Waals surface area contributed by atoms with Crippen LogP contribution in [0.15, 0.2) is 30.5 Å². The van der Waals surface area contributed by atoms with Crippen molar-refractivity contribution < 1.29 is 18.3 Å². The van der Waals surface area contributed by atoms with Crippen LogP contribution in [-0.2, 0) is 0 Å². The van der Waals surface area contributed by atoms with Crippen LogP contribution in [0.3, 0.4) is 0 Å². The van der Waals surface area contributed by atoms with Crippen molar-refractivity contribution in [1.29, 1.82) is 0 Å². The van der Waals surface area contributed by atoms with E-state index in [9.17, 15) is 0 Å². The molecule has 0 spiro atoms. The van der Waals surface area contributed by atoms with Crippen LogP contribution in [0.4, 0.5) is 14.6 Å². The maximum Gasteiger partial charge on any atom is 0.319 e. The Labute approximate surface area is 225 Å². The zero-order chi connectivity index (χ0) is 26.7. The van der Waals surface area contributed by atoms with Crippen LogP contribution >= 0.6 is 0 Å². The summed E-state index contributed by atoms with van der Waals surface area (Å²) in [7, 11) is 3.62. The highest BCUT2D eigenvalue weighted by molar-refractivity contribution is 6.03. The lowest BCUT2D eigenvalue weighted by atomic mass is 10.0. The van der Waals surface area contributed by atoms with E-state index in [-0.39, 0.29) is 23.1 Å². The van der Waals surface area contributed by atoms with E-state index >= 15 is 8.78 Å². The first-order valence-electron chi connectivity index (χ1n) is 13.7. The summed E-state index contributed by atoms with van der Waals surface area (Å²) in [5.41, 5.74) is 1.02. The number of H-pyrrole nitrogens is 1. The van der Waals surface area contributed by atoms with Gasteiger partial charge in [-0.2, -0.15) is 9.97 Å². The minimum absolute atomic E-state index is 0.0568. The van der Waals surface area contributed by atoms with Gasteiger partial charge in [-0.05, 0) is 57.5 Å². The van der Waals surface area contributed by atoms with E-state index in [1.807, 2.05) is 12.1 Å². The minimum Gasteiger partial charge on any atom is -0.496 e. The third-order valence-corrected chi connectivity index (χ3v) is 8.59. The van der Waals surface area contributed by atoms with Crippen molar-refractivity contribution in [3.63, 3.8) is 0 Å². The minimum atomic E-state index is -0.735. The number of hydrogen-bond donors (Lipinski definition) is 2. The smallest absolute Gasteiger partial charge is 0.319 e. The summed E-state index contributed by atoms with van der Waals surface area (Å²) in [6.45, 7) is 2.88. The lowest BCUT2D eigenvalue weighted by Crippen LogP contribution is -2.51. The summed E-state index contributed by atoms with van der Waals surface area (Å²) < 4.78 is 44.0. The molecular weight excluding hydrogens is 502 g/mol. The van der Waals surface area contributed by atoms with Gasteiger partial charge in [0.05, 0.1) is 12.7 Å². The molecule has 3 aliphatic rings. The van der Waals surface area contributed by atoms with Crippen LogP contribution in [0.1, 0.15) is 25.7 Å². The van der Waals surface area contributed by atoms with Crippen LogP contribution in [0.2, 0.25) is 0 Å². The molecule has 3 saturated heterocycles. The number of methoxy groups -OCH3 is 1. The molecule has 2 aromatic heterocycles. The molecule has 4 aromatic rings. The molecule has 0 unspecified atom stereocenters. The number of rotatable bonds is 6. The Balaban J connectivity index is 1.38. The third kappa shape index (κ3) is 4.17. The summed E-state index contributed by atoms with van der Waals surface area (Å²) in [4.78, 5) is 16.8. The molecule has 10 heteroatoms. The van der Waals surface area contributed by atoms with Gasteiger partial charge in [-0.15, -0.1) is 0 Å². The van der Waals surface area contributed by atoms with Crippen LogP contribution in [0.5, 0.6) is 11.8 Å². The van der Waals surface area contributed by atoms with Crippen molar-refractivity contribution in [2.24, 2.45) is 0 Å². The number of benzene rings is 2. The van der Waals surface area contributed by atoms with E-state index in [0.717, 1.165) is 50.8 Å². The predicted molar refractivity (Wildman–Crippen MR) is 147 cm³/mol. The van der Waals surface area contributed by atoms with Crippen LogP contribution in [0, 0.1) is 11.6 Å². The fourth-order valence-electron chi connectivity index (χ4n) is 6.56.